The number of amides is 1. The van der Waals surface area contributed by atoms with E-state index < -0.39 is 0 Å². The van der Waals surface area contributed by atoms with Gasteiger partial charge in [-0.3, -0.25) is 4.79 Å². The zero-order valence-corrected chi connectivity index (χ0v) is 16.5. The fraction of sp³-hybridized carbons (Fsp3) is 0.632. The summed E-state index contributed by atoms with van der Waals surface area (Å²) in [5.41, 5.74) is 0.728. The maximum atomic E-state index is 13.1. The van der Waals surface area contributed by atoms with Gasteiger partial charge in [0.2, 0.25) is 5.91 Å². The van der Waals surface area contributed by atoms with Gasteiger partial charge in [0, 0.05) is 39.8 Å². The number of piperazine rings is 1. The summed E-state index contributed by atoms with van der Waals surface area (Å²) in [6, 6.07) is 8.13. The first-order valence-corrected chi connectivity index (χ1v) is 9.16. The van der Waals surface area contributed by atoms with Gasteiger partial charge in [0.15, 0.2) is 0 Å². The monoisotopic (exact) mass is 383 g/mol. The highest BCUT2D eigenvalue weighted by molar-refractivity contribution is 5.85. The van der Waals surface area contributed by atoms with Crippen molar-refractivity contribution in [3.8, 4) is 5.75 Å². The van der Waals surface area contributed by atoms with E-state index in [-0.39, 0.29) is 23.7 Å². The minimum atomic E-state index is -0.389. The van der Waals surface area contributed by atoms with Gasteiger partial charge in [0.25, 0.3) is 0 Å². The van der Waals surface area contributed by atoms with E-state index in [1.807, 2.05) is 30.0 Å². The van der Waals surface area contributed by atoms with Crippen molar-refractivity contribution < 1.29 is 14.3 Å². The zero-order valence-electron chi connectivity index (χ0n) is 15.7. The Balaban J connectivity index is 0.00000243. The average Bonchev–Trinajstić information content (AvgIpc) is 3.12. The molecule has 0 saturated carbocycles. The molecule has 1 N–H and O–H groups in total. The van der Waals surface area contributed by atoms with E-state index in [4.69, 9.17) is 9.47 Å². The molecular formula is C19H30ClN3O3. The Hall–Kier alpha value is -1.50. The molecule has 26 heavy (non-hydrogen) atoms. The second-order valence-electron chi connectivity index (χ2n) is 6.82. The van der Waals surface area contributed by atoms with Crippen LogP contribution in [0.1, 0.15) is 13.3 Å². The lowest BCUT2D eigenvalue weighted by Crippen LogP contribution is -2.55. The Morgan fingerprint density at radius 2 is 1.96 bits per heavy atom. The second-order valence-corrected chi connectivity index (χ2v) is 6.82. The van der Waals surface area contributed by atoms with Crippen LogP contribution in [-0.2, 0) is 9.53 Å². The Morgan fingerprint density at radius 1 is 1.23 bits per heavy atom. The number of carbonyl (C=O) groups is 1. The largest absolute Gasteiger partial charge is 0.492 e. The SMILES string of the molecule is CCOc1ccccc1N1CCN(C(=O)C2(COC)CCNC2)CC1.Cl. The fourth-order valence-electron chi connectivity index (χ4n) is 3.87. The number of carbonyl (C=O) groups excluding carboxylic acids is 1. The number of ether oxygens (including phenoxy) is 2. The number of hydrogen-bond acceptors (Lipinski definition) is 5. The predicted molar refractivity (Wildman–Crippen MR) is 105 cm³/mol. The molecule has 6 nitrogen and oxygen atoms in total. The van der Waals surface area contributed by atoms with E-state index >= 15 is 0 Å². The molecule has 3 rings (SSSR count). The minimum absolute atomic E-state index is 0. The van der Waals surface area contributed by atoms with Crippen LogP contribution in [0.4, 0.5) is 5.69 Å². The van der Waals surface area contributed by atoms with Crippen LogP contribution < -0.4 is 15.0 Å². The molecular weight excluding hydrogens is 354 g/mol. The Morgan fingerprint density at radius 3 is 2.58 bits per heavy atom. The molecule has 1 aromatic carbocycles. The maximum absolute atomic E-state index is 13.1. The standard InChI is InChI=1S/C19H29N3O3.ClH/c1-3-25-17-7-5-4-6-16(17)21-10-12-22(13-11-21)18(23)19(15-24-2)8-9-20-14-19;/h4-7,20H,3,8-15H2,1-2H3;1H. The normalized spacial score (nSPS) is 22.8. The zero-order chi connectivity index (χ0) is 17.7. The van der Waals surface area contributed by atoms with Crippen LogP contribution in [0.5, 0.6) is 5.75 Å². The highest BCUT2D eigenvalue weighted by Crippen LogP contribution is 2.31. The molecule has 2 fully saturated rings. The van der Waals surface area contributed by atoms with Gasteiger partial charge < -0.3 is 24.6 Å². The summed E-state index contributed by atoms with van der Waals surface area (Å²) in [7, 11) is 1.68. The van der Waals surface area contributed by atoms with Crippen LogP contribution >= 0.6 is 12.4 Å². The molecule has 1 unspecified atom stereocenters. The average molecular weight is 384 g/mol. The Labute approximate surface area is 162 Å². The topological polar surface area (TPSA) is 54.0 Å². The highest BCUT2D eigenvalue weighted by Gasteiger charge is 2.44. The molecule has 2 aliphatic rings. The summed E-state index contributed by atoms with van der Waals surface area (Å²) in [5, 5.41) is 3.32. The Kier molecular flexibility index (Phi) is 7.55. The first-order chi connectivity index (χ1) is 12.2. The number of benzene rings is 1. The number of para-hydroxylation sites is 2. The summed E-state index contributed by atoms with van der Waals surface area (Å²) < 4.78 is 11.1. The summed E-state index contributed by atoms with van der Waals surface area (Å²) >= 11 is 0. The lowest BCUT2D eigenvalue weighted by Gasteiger charge is -2.40. The summed E-state index contributed by atoms with van der Waals surface area (Å²) in [6.07, 6.45) is 0.854. The highest BCUT2D eigenvalue weighted by atomic mass is 35.5. The second kappa shape index (κ2) is 9.44. The molecule has 0 bridgehead atoms. The van der Waals surface area contributed by atoms with Gasteiger partial charge in [-0.1, -0.05) is 12.1 Å². The fourth-order valence-corrected chi connectivity index (χ4v) is 3.87. The van der Waals surface area contributed by atoms with Crippen molar-refractivity contribution in [2.75, 3.05) is 64.5 Å². The molecule has 1 amide bonds. The maximum Gasteiger partial charge on any atom is 0.232 e. The number of halogens is 1. The smallest absolute Gasteiger partial charge is 0.232 e. The number of hydrogen-bond donors (Lipinski definition) is 1. The third-order valence-corrected chi connectivity index (χ3v) is 5.19. The van der Waals surface area contributed by atoms with Crippen molar-refractivity contribution >= 4 is 24.0 Å². The first-order valence-electron chi connectivity index (χ1n) is 9.16. The van der Waals surface area contributed by atoms with E-state index in [1.54, 1.807) is 7.11 Å². The lowest BCUT2D eigenvalue weighted by atomic mass is 9.86. The van der Waals surface area contributed by atoms with Crippen LogP contribution in [0.15, 0.2) is 24.3 Å². The molecule has 0 aliphatic carbocycles. The number of methoxy groups -OCH3 is 1. The summed E-state index contributed by atoms with van der Waals surface area (Å²) in [4.78, 5) is 17.4. The number of nitrogens with one attached hydrogen (secondary N) is 1. The van der Waals surface area contributed by atoms with Gasteiger partial charge >= 0.3 is 0 Å². The molecule has 0 aromatic heterocycles. The van der Waals surface area contributed by atoms with E-state index in [1.165, 1.54) is 0 Å². The van der Waals surface area contributed by atoms with Crippen molar-refractivity contribution in [2.45, 2.75) is 13.3 Å². The van der Waals surface area contributed by atoms with E-state index in [9.17, 15) is 4.79 Å². The van der Waals surface area contributed by atoms with Gasteiger partial charge in [-0.15, -0.1) is 12.4 Å². The molecule has 0 spiro atoms. The quantitative estimate of drug-likeness (QED) is 0.811. The minimum Gasteiger partial charge on any atom is -0.492 e. The van der Waals surface area contributed by atoms with Crippen molar-refractivity contribution in [2.24, 2.45) is 5.41 Å². The molecule has 2 heterocycles. The third-order valence-electron chi connectivity index (χ3n) is 5.19. The van der Waals surface area contributed by atoms with Crippen molar-refractivity contribution in [3.05, 3.63) is 24.3 Å². The van der Waals surface area contributed by atoms with Crippen LogP contribution in [-0.4, -0.2) is 70.4 Å². The molecule has 1 atom stereocenters. The van der Waals surface area contributed by atoms with Gasteiger partial charge in [-0.25, -0.2) is 0 Å². The van der Waals surface area contributed by atoms with Crippen molar-refractivity contribution in [3.63, 3.8) is 0 Å². The van der Waals surface area contributed by atoms with E-state index in [0.29, 0.717) is 19.8 Å². The van der Waals surface area contributed by atoms with Crippen molar-refractivity contribution in [1.82, 2.24) is 10.2 Å². The van der Waals surface area contributed by atoms with Crippen LogP contribution in [0.3, 0.4) is 0 Å². The first kappa shape index (κ1) is 20.8. The number of anilines is 1. The van der Waals surface area contributed by atoms with Crippen LogP contribution in [0.25, 0.3) is 0 Å². The van der Waals surface area contributed by atoms with Crippen LogP contribution in [0, 0.1) is 5.41 Å². The molecule has 1 aromatic rings. The van der Waals surface area contributed by atoms with Gasteiger partial charge in [-0.2, -0.15) is 0 Å². The van der Waals surface area contributed by atoms with Gasteiger partial charge in [-0.05, 0) is 32.0 Å². The molecule has 2 saturated heterocycles. The molecule has 7 heteroatoms. The molecule has 2 aliphatic heterocycles. The third kappa shape index (κ3) is 4.24. The van der Waals surface area contributed by atoms with Crippen LogP contribution in [0.2, 0.25) is 0 Å². The van der Waals surface area contributed by atoms with Crippen molar-refractivity contribution in [1.29, 1.82) is 0 Å². The van der Waals surface area contributed by atoms with Gasteiger partial charge in [0.05, 0.1) is 24.3 Å². The molecule has 146 valence electrons. The lowest BCUT2D eigenvalue weighted by molar-refractivity contribution is -0.144. The van der Waals surface area contributed by atoms with E-state index in [2.05, 4.69) is 16.3 Å². The van der Waals surface area contributed by atoms with Gasteiger partial charge in [0.1, 0.15) is 5.75 Å². The summed E-state index contributed by atoms with van der Waals surface area (Å²) in [5.74, 6) is 1.15. The number of rotatable bonds is 6. The predicted octanol–water partition coefficient (Wildman–Crippen LogP) is 1.78. The molecule has 0 radical (unpaired) electrons. The Bertz CT molecular complexity index is 585. The number of nitrogens with zero attached hydrogens (tertiary/aromatic N) is 2. The van der Waals surface area contributed by atoms with E-state index in [0.717, 1.165) is 50.6 Å². The summed E-state index contributed by atoms with van der Waals surface area (Å²) in [6.45, 7) is 7.88.